The van der Waals surface area contributed by atoms with Crippen molar-refractivity contribution in [3.63, 3.8) is 0 Å². The molecule has 4 nitrogen and oxygen atoms in total. The molecule has 1 heterocycles. The van der Waals surface area contributed by atoms with Crippen molar-refractivity contribution in [3.8, 4) is 11.5 Å². The average molecular weight is 343 g/mol. The molecule has 2 unspecified atom stereocenters. The summed E-state index contributed by atoms with van der Waals surface area (Å²) in [4.78, 5) is 2.39. The van der Waals surface area contributed by atoms with Crippen LogP contribution in [-0.4, -0.2) is 37.7 Å². The molecule has 1 aromatic rings. The zero-order valence-electron chi connectivity index (χ0n) is 12.4. The second kappa shape index (κ2) is 6.78. The summed E-state index contributed by atoms with van der Waals surface area (Å²) < 4.78 is 12.0. The zero-order chi connectivity index (χ0) is 14.7. The molecule has 0 spiro atoms. The van der Waals surface area contributed by atoms with Crippen molar-refractivity contribution < 1.29 is 9.47 Å². The first kappa shape index (κ1) is 15.6. The minimum atomic E-state index is 0.281. The summed E-state index contributed by atoms with van der Waals surface area (Å²) in [6, 6.07) is 4.43. The van der Waals surface area contributed by atoms with Crippen LogP contribution in [0.3, 0.4) is 0 Å². The van der Waals surface area contributed by atoms with Crippen molar-refractivity contribution in [3.05, 3.63) is 22.2 Å². The Balaban J connectivity index is 2.16. The lowest BCUT2D eigenvalue weighted by Crippen LogP contribution is -2.28. The molecule has 0 radical (unpaired) electrons. The number of hydrogen-bond acceptors (Lipinski definition) is 4. The monoisotopic (exact) mass is 342 g/mol. The molecule has 0 aromatic heterocycles. The third kappa shape index (κ3) is 3.45. The Morgan fingerprint density at radius 3 is 2.70 bits per heavy atom. The van der Waals surface area contributed by atoms with E-state index in [0.717, 1.165) is 35.6 Å². The van der Waals surface area contributed by atoms with Crippen LogP contribution >= 0.6 is 15.9 Å². The van der Waals surface area contributed by atoms with E-state index >= 15 is 0 Å². The van der Waals surface area contributed by atoms with Gasteiger partial charge >= 0.3 is 0 Å². The molecule has 1 fully saturated rings. The van der Waals surface area contributed by atoms with Gasteiger partial charge in [0.25, 0.3) is 0 Å². The fraction of sp³-hybridized carbons (Fsp3) is 0.600. The molecule has 2 rings (SSSR count). The smallest absolute Gasteiger partial charge is 0.174 e. The van der Waals surface area contributed by atoms with Gasteiger partial charge < -0.3 is 15.2 Å². The first-order valence-corrected chi connectivity index (χ1v) is 7.81. The molecule has 0 saturated carbocycles. The van der Waals surface area contributed by atoms with Crippen molar-refractivity contribution in [1.82, 2.24) is 4.90 Å². The molecule has 2 atom stereocenters. The van der Waals surface area contributed by atoms with E-state index in [1.165, 1.54) is 5.56 Å². The maximum atomic E-state index is 6.08. The normalized spacial score (nSPS) is 23.1. The Bertz CT molecular complexity index is 457. The number of methoxy groups -OCH3 is 1. The fourth-order valence-electron chi connectivity index (χ4n) is 2.66. The van der Waals surface area contributed by atoms with Crippen LogP contribution in [0.2, 0.25) is 0 Å². The summed E-state index contributed by atoms with van der Waals surface area (Å²) >= 11 is 3.55. The van der Waals surface area contributed by atoms with E-state index in [9.17, 15) is 0 Å². The second-order valence-electron chi connectivity index (χ2n) is 5.38. The first-order chi connectivity index (χ1) is 9.55. The van der Waals surface area contributed by atoms with Crippen molar-refractivity contribution in [2.75, 3.05) is 26.8 Å². The van der Waals surface area contributed by atoms with Crippen molar-refractivity contribution in [1.29, 1.82) is 0 Å². The summed E-state index contributed by atoms with van der Waals surface area (Å²) in [7, 11) is 1.66. The van der Waals surface area contributed by atoms with E-state index in [1.807, 2.05) is 6.92 Å². The number of benzene rings is 1. The largest absolute Gasteiger partial charge is 0.492 e. The third-order valence-electron chi connectivity index (χ3n) is 3.73. The number of halogens is 1. The number of likely N-dealkylation sites (tertiary alicyclic amines) is 1. The molecule has 1 aromatic carbocycles. The number of rotatable bonds is 5. The van der Waals surface area contributed by atoms with E-state index in [-0.39, 0.29) is 6.04 Å². The Hall–Kier alpha value is -0.780. The molecule has 0 amide bonds. The van der Waals surface area contributed by atoms with Gasteiger partial charge in [-0.05, 0) is 46.5 Å². The van der Waals surface area contributed by atoms with E-state index in [0.29, 0.717) is 12.5 Å². The van der Waals surface area contributed by atoms with Crippen LogP contribution in [0.15, 0.2) is 16.6 Å². The van der Waals surface area contributed by atoms with Gasteiger partial charge in [0.15, 0.2) is 11.5 Å². The Morgan fingerprint density at radius 2 is 2.15 bits per heavy atom. The molecular formula is C15H23BrN2O2. The number of ether oxygens (including phenoxy) is 2. The molecular weight excluding hydrogens is 320 g/mol. The Kier molecular flexibility index (Phi) is 5.29. The Morgan fingerprint density at radius 1 is 1.40 bits per heavy atom. The van der Waals surface area contributed by atoms with Gasteiger partial charge in [0.05, 0.1) is 18.2 Å². The van der Waals surface area contributed by atoms with Crippen LogP contribution in [0, 0.1) is 5.92 Å². The summed E-state index contributed by atoms with van der Waals surface area (Å²) in [6.07, 6.45) is 0. The van der Waals surface area contributed by atoms with Crippen LogP contribution in [0.25, 0.3) is 0 Å². The molecule has 2 N–H and O–H groups in total. The zero-order valence-corrected chi connectivity index (χ0v) is 13.9. The Labute approximate surface area is 129 Å². The van der Waals surface area contributed by atoms with Crippen LogP contribution in [0.4, 0.5) is 0 Å². The van der Waals surface area contributed by atoms with Gasteiger partial charge in [-0.2, -0.15) is 0 Å². The number of hydrogen-bond donors (Lipinski definition) is 1. The van der Waals surface area contributed by atoms with E-state index in [1.54, 1.807) is 7.11 Å². The van der Waals surface area contributed by atoms with E-state index in [4.69, 9.17) is 15.2 Å². The van der Waals surface area contributed by atoms with Gasteiger partial charge in [0.2, 0.25) is 0 Å². The number of nitrogens with zero attached hydrogens (tertiary/aromatic N) is 1. The summed E-state index contributed by atoms with van der Waals surface area (Å²) in [5, 5.41) is 0. The lowest BCUT2D eigenvalue weighted by Gasteiger charge is -2.18. The minimum Gasteiger partial charge on any atom is -0.492 e. The summed E-state index contributed by atoms with van der Waals surface area (Å²) in [5.41, 5.74) is 7.29. The van der Waals surface area contributed by atoms with Crippen LogP contribution in [0.5, 0.6) is 11.5 Å². The lowest BCUT2D eigenvalue weighted by atomic mass is 10.1. The standard InChI is InChI=1S/C15H23BrN2O2/c1-4-20-14-6-11(5-12(16)15(14)19-3)8-18-7-10(2)13(17)9-18/h5-6,10,13H,4,7-9,17H2,1-3H3. The molecule has 5 heteroatoms. The predicted octanol–water partition coefficient (Wildman–Crippen LogP) is 2.64. The first-order valence-electron chi connectivity index (χ1n) is 7.02. The van der Waals surface area contributed by atoms with Crippen LogP contribution in [-0.2, 0) is 6.54 Å². The van der Waals surface area contributed by atoms with Crippen molar-refractivity contribution in [2.45, 2.75) is 26.4 Å². The summed E-state index contributed by atoms with van der Waals surface area (Å²) in [5.74, 6) is 2.10. The maximum absolute atomic E-state index is 6.08. The minimum absolute atomic E-state index is 0.281. The molecule has 1 aliphatic heterocycles. The molecule has 0 aliphatic carbocycles. The lowest BCUT2D eigenvalue weighted by molar-refractivity contribution is 0.303. The van der Waals surface area contributed by atoms with Crippen molar-refractivity contribution in [2.24, 2.45) is 11.7 Å². The average Bonchev–Trinajstić information content (AvgIpc) is 2.68. The highest BCUT2D eigenvalue weighted by molar-refractivity contribution is 9.10. The molecule has 1 saturated heterocycles. The van der Waals surface area contributed by atoms with Crippen molar-refractivity contribution >= 4 is 15.9 Å². The van der Waals surface area contributed by atoms with Crippen LogP contribution < -0.4 is 15.2 Å². The fourth-order valence-corrected chi connectivity index (χ4v) is 3.31. The molecule has 20 heavy (non-hydrogen) atoms. The van der Waals surface area contributed by atoms with Gasteiger partial charge in [-0.1, -0.05) is 6.92 Å². The second-order valence-corrected chi connectivity index (χ2v) is 6.23. The SMILES string of the molecule is CCOc1cc(CN2CC(C)C(N)C2)cc(Br)c1OC. The highest BCUT2D eigenvalue weighted by Crippen LogP contribution is 2.37. The van der Waals surface area contributed by atoms with Gasteiger partial charge in [0, 0.05) is 25.7 Å². The van der Waals surface area contributed by atoms with E-state index in [2.05, 4.69) is 39.9 Å². The van der Waals surface area contributed by atoms with E-state index < -0.39 is 0 Å². The molecule has 0 bridgehead atoms. The van der Waals surface area contributed by atoms with Gasteiger partial charge in [-0.25, -0.2) is 0 Å². The highest BCUT2D eigenvalue weighted by atomic mass is 79.9. The quantitative estimate of drug-likeness (QED) is 0.893. The van der Waals surface area contributed by atoms with Gasteiger partial charge in [-0.3, -0.25) is 4.90 Å². The van der Waals surface area contributed by atoms with Crippen LogP contribution in [0.1, 0.15) is 19.4 Å². The topological polar surface area (TPSA) is 47.7 Å². The maximum Gasteiger partial charge on any atom is 0.174 e. The highest BCUT2D eigenvalue weighted by Gasteiger charge is 2.26. The molecule has 1 aliphatic rings. The summed E-state index contributed by atoms with van der Waals surface area (Å²) in [6.45, 7) is 7.70. The van der Waals surface area contributed by atoms with Gasteiger partial charge in [0.1, 0.15) is 0 Å². The molecule has 112 valence electrons. The third-order valence-corrected chi connectivity index (χ3v) is 4.31. The van der Waals surface area contributed by atoms with Gasteiger partial charge in [-0.15, -0.1) is 0 Å². The number of nitrogens with two attached hydrogens (primary N) is 1. The predicted molar refractivity (Wildman–Crippen MR) is 84.3 cm³/mol.